The molecule has 146 valence electrons. The highest BCUT2D eigenvalue weighted by Crippen LogP contribution is 2.40. The van der Waals surface area contributed by atoms with Gasteiger partial charge in [0.15, 0.2) is 0 Å². The van der Waals surface area contributed by atoms with Gasteiger partial charge in [-0.3, -0.25) is 4.79 Å². The fourth-order valence-corrected chi connectivity index (χ4v) is 4.66. The van der Waals surface area contributed by atoms with Crippen LogP contribution in [-0.4, -0.2) is 34.6 Å². The molecule has 0 radical (unpaired) electrons. The van der Waals surface area contributed by atoms with Gasteiger partial charge in [0.1, 0.15) is 0 Å². The molecule has 1 fully saturated rings. The van der Waals surface area contributed by atoms with Gasteiger partial charge in [0.2, 0.25) is 0 Å². The third-order valence-corrected chi connectivity index (χ3v) is 6.15. The van der Waals surface area contributed by atoms with E-state index < -0.39 is 6.10 Å². The molecule has 0 spiro atoms. The molecule has 4 nitrogen and oxygen atoms in total. The molecule has 3 aromatic carbocycles. The molecule has 0 saturated carbocycles. The van der Waals surface area contributed by atoms with Gasteiger partial charge in [-0.05, 0) is 36.1 Å². The van der Waals surface area contributed by atoms with Crippen molar-refractivity contribution in [1.29, 1.82) is 0 Å². The van der Waals surface area contributed by atoms with Gasteiger partial charge in [-0.15, -0.1) is 0 Å². The minimum absolute atomic E-state index is 0.0113. The third kappa shape index (κ3) is 3.19. The normalized spacial score (nSPS) is 23.3. The van der Waals surface area contributed by atoms with Crippen molar-refractivity contribution in [1.82, 2.24) is 4.90 Å². The van der Waals surface area contributed by atoms with Crippen LogP contribution in [0.1, 0.15) is 34.8 Å². The summed E-state index contributed by atoms with van der Waals surface area (Å²) in [6.45, 7) is 0.581. The van der Waals surface area contributed by atoms with Crippen LogP contribution in [0, 0.1) is 0 Å². The summed E-state index contributed by atoms with van der Waals surface area (Å²) in [6.07, 6.45) is 0.749. The Morgan fingerprint density at radius 1 is 0.862 bits per heavy atom. The molecule has 0 unspecified atom stereocenters. The average molecular weight is 384 g/mol. The molecule has 2 heterocycles. The van der Waals surface area contributed by atoms with Crippen molar-refractivity contribution < 1.29 is 9.90 Å². The first-order chi connectivity index (χ1) is 14.2. The van der Waals surface area contributed by atoms with Crippen molar-refractivity contribution in [3.8, 4) is 11.1 Å². The molecule has 4 heteroatoms. The molecule has 3 aromatic rings. The molecule has 0 aliphatic carbocycles. The molecule has 0 bridgehead atoms. The molecular formula is C25H24N2O2. The summed E-state index contributed by atoms with van der Waals surface area (Å²) in [6, 6.07) is 26.2. The highest BCUT2D eigenvalue weighted by Gasteiger charge is 2.41. The van der Waals surface area contributed by atoms with Crippen LogP contribution in [0.2, 0.25) is 0 Å². The van der Waals surface area contributed by atoms with Crippen molar-refractivity contribution in [2.24, 2.45) is 0 Å². The molecule has 1 amide bonds. The number of benzene rings is 3. The predicted octanol–water partition coefficient (Wildman–Crippen LogP) is 4.49. The Balaban J connectivity index is 1.46. The first-order valence-electron chi connectivity index (χ1n) is 10.2. The lowest BCUT2D eigenvalue weighted by Gasteiger charge is -2.27. The lowest BCUT2D eigenvalue weighted by atomic mass is 9.95. The molecular weight excluding hydrogens is 360 g/mol. The smallest absolute Gasteiger partial charge is 0.254 e. The summed E-state index contributed by atoms with van der Waals surface area (Å²) in [5.74, 6) is 0.0862. The van der Waals surface area contributed by atoms with Gasteiger partial charge in [-0.1, -0.05) is 66.7 Å². The van der Waals surface area contributed by atoms with E-state index in [0.717, 1.165) is 27.9 Å². The second kappa shape index (κ2) is 7.37. The Kier molecular flexibility index (Phi) is 4.57. The number of hydrogen-bond acceptors (Lipinski definition) is 3. The summed E-state index contributed by atoms with van der Waals surface area (Å²) < 4.78 is 0. The Hall–Kier alpha value is -3.11. The number of aliphatic hydroxyl groups excluding tert-OH is 1. The van der Waals surface area contributed by atoms with E-state index in [2.05, 4.69) is 29.6 Å². The number of carbonyl (C=O) groups is 1. The Bertz CT molecular complexity index is 1030. The van der Waals surface area contributed by atoms with Crippen LogP contribution in [0.15, 0.2) is 78.9 Å². The Morgan fingerprint density at radius 3 is 2.38 bits per heavy atom. The SMILES string of the molecule is O=C1c2ccccc2[C@@H]2C[C@H](Nc3ccccc3-c3ccccc3)[C@@H](O)CCN12. The van der Waals surface area contributed by atoms with E-state index in [1.165, 1.54) is 0 Å². The number of anilines is 1. The number of carbonyl (C=O) groups excluding carboxylic acids is 1. The molecule has 1 saturated heterocycles. The summed E-state index contributed by atoms with van der Waals surface area (Å²) in [7, 11) is 0. The topological polar surface area (TPSA) is 52.6 Å². The summed E-state index contributed by atoms with van der Waals surface area (Å²) in [4.78, 5) is 14.7. The van der Waals surface area contributed by atoms with Crippen molar-refractivity contribution >= 4 is 11.6 Å². The van der Waals surface area contributed by atoms with Crippen LogP contribution >= 0.6 is 0 Å². The number of amides is 1. The molecule has 5 rings (SSSR count). The number of aliphatic hydroxyl groups is 1. The predicted molar refractivity (Wildman–Crippen MR) is 115 cm³/mol. The third-order valence-electron chi connectivity index (χ3n) is 6.15. The van der Waals surface area contributed by atoms with E-state index in [0.29, 0.717) is 19.4 Å². The van der Waals surface area contributed by atoms with Crippen molar-refractivity contribution in [3.63, 3.8) is 0 Å². The van der Waals surface area contributed by atoms with Crippen LogP contribution < -0.4 is 5.32 Å². The van der Waals surface area contributed by atoms with E-state index >= 15 is 0 Å². The highest BCUT2D eigenvalue weighted by atomic mass is 16.3. The fraction of sp³-hybridized carbons (Fsp3) is 0.240. The summed E-state index contributed by atoms with van der Waals surface area (Å²) >= 11 is 0. The standard InChI is InChI=1S/C25H24N2O2/c28-24-14-15-27-23(19-11-4-5-12-20(19)25(27)29)16-22(24)26-21-13-7-6-10-18(21)17-8-2-1-3-9-17/h1-13,22-24,26,28H,14-16H2/t22-,23-,24-/m0/s1. The van der Waals surface area contributed by atoms with E-state index in [-0.39, 0.29) is 18.0 Å². The van der Waals surface area contributed by atoms with Crippen LogP contribution in [0.4, 0.5) is 5.69 Å². The second-order valence-electron chi connectivity index (χ2n) is 7.86. The Labute approximate surface area is 170 Å². The van der Waals surface area contributed by atoms with Crippen LogP contribution in [0.3, 0.4) is 0 Å². The van der Waals surface area contributed by atoms with E-state index in [9.17, 15) is 9.90 Å². The molecule has 2 aliphatic heterocycles. The fourth-order valence-electron chi connectivity index (χ4n) is 4.66. The number of nitrogens with one attached hydrogen (secondary N) is 1. The van der Waals surface area contributed by atoms with Gasteiger partial charge in [0.05, 0.1) is 18.2 Å². The minimum atomic E-state index is -0.510. The number of para-hydroxylation sites is 1. The molecule has 2 N–H and O–H groups in total. The number of rotatable bonds is 3. The van der Waals surface area contributed by atoms with Crippen LogP contribution in [0.25, 0.3) is 11.1 Å². The lowest BCUT2D eigenvalue weighted by molar-refractivity contribution is 0.0724. The number of hydrogen-bond donors (Lipinski definition) is 2. The van der Waals surface area contributed by atoms with E-state index in [1.807, 2.05) is 59.5 Å². The molecule has 29 heavy (non-hydrogen) atoms. The van der Waals surface area contributed by atoms with Crippen LogP contribution in [-0.2, 0) is 0 Å². The average Bonchev–Trinajstić information content (AvgIpc) is 2.92. The van der Waals surface area contributed by atoms with Crippen molar-refractivity contribution in [3.05, 3.63) is 90.0 Å². The summed E-state index contributed by atoms with van der Waals surface area (Å²) in [5, 5.41) is 14.5. The van der Waals surface area contributed by atoms with Gasteiger partial charge in [0.25, 0.3) is 5.91 Å². The number of fused-ring (bicyclic) bond motifs is 3. The number of nitrogens with zero attached hydrogens (tertiary/aromatic N) is 1. The largest absolute Gasteiger partial charge is 0.391 e. The molecule has 3 atom stereocenters. The maximum atomic E-state index is 12.8. The first kappa shape index (κ1) is 18.0. The monoisotopic (exact) mass is 384 g/mol. The van der Waals surface area contributed by atoms with E-state index in [4.69, 9.17) is 0 Å². The van der Waals surface area contributed by atoms with Gasteiger partial charge >= 0.3 is 0 Å². The second-order valence-corrected chi connectivity index (χ2v) is 7.86. The molecule has 2 aliphatic rings. The van der Waals surface area contributed by atoms with Crippen molar-refractivity contribution in [2.75, 3.05) is 11.9 Å². The van der Waals surface area contributed by atoms with Gasteiger partial charge in [0, 0.05) is 23.4 Å². The summed E-state index contributed by atoms with van der Waals surface area (Å²) in [5.41, 5.74) is 5.15. The van der Waals surface area contributed by atoms with Gasteiger partial charge < -0.3 is 15.3 Å². The van der Waals surface area contributed by atoms with E-state index in [1.54, 1.807) is 0 Å². The zero-order valence-electron chi connectivity index (χ0n) is 16.2. The van der Waals surface area contributed by atoms with Gasteiger partial charge in [-0.2, -0.15) is 0 Å². The van der Waals surface area contributed by atoms with Crippen molar-refractivity contribution in [2.45, 2.75) is 31.0 Å². The van der Waals surface area contributed by atoms with Crippen LogP contribution in [0.5, 0.6) is 0 Å². The maximum Gasteiger partial charge on any atom is 0.254 e. The zero-order valence-corrected chi connectivity index (χ0v) is 16.2. The first-order valence-corrected chi connectivity index (χ1v) is 10.2. The zero-order chi connectivity index (χ0) is 19.8. The Morgan fingerprint density at radius 2 is 1.55 bits per heavy atom. The maximum absolute atomic E-state index is 12.8. The highest BCUT2D eigenvalue weighted by molar-refractivity contribution is 5.99. The quantitative estimate of drug-likeness (QED) is 0.700. The molecule has 0 aromatic heterocycles. The van der Waals surface area contributed by atoms with Gasteiger partial charge in [-0.25, -0.2) is 0 Å². The lowest BCUT2D eigenvalue weighted by Crippen LogP contribution is -2.34. The minimum Gasteiger partial charge on any atom is -0.391 e.